The molecule has 1 N–H and O–H groups in total. The number of rotatable bonds is 6. The molecule has 5 nitrogen and oxygen atoms in total. The summed E-state index contributed by atoms with van der Waals surface area (Å²) in [7, 11) is -2.21. The quantitative estimate of drug-likeness (QED) is 0.869. The highest BCUT2D eigenvalue weighted by Gasteiger charge is 2.24. The summed E-state index contributed by atoms with van der Waals surface area (Å²) in [5.41, 5.74) is 2.76. The van der Waals surface area contributed by atoms with Crippen LogP contribution < -0.4 is 5.32 Å². The Hall–Kier alpha value is -1.70. The molecule has 0 atom stereocenters. The SMILES string of the molecule is CCc1cccc(C)c1NC(=O)CN(C)S(=O)(=O)c1cccs1. The van der Waals surface area contributed by atoms with Gasteiger partial charge in [0, 0.05) is 12.7 Å². The van der Waals surface area contributed by atoms with Crippen molar-refractivity contribution in [3.63, 3.8) is 0 Å². The summed E-state index contributed by atoms with van der Waals surface area (Å²) in [6.07, 6.45) is 0.792. The van der Waals surface area contributed by atoms with Crippen LogP contribution in [-0.4, -0.2) is 32.2 Å². The van der Waals surface area contributed by atoms with Gasteiger partial charge in [0.25, 0.3) is 10.0 Å². The Kier molecular flexibility index (Phi) is 5.56. The molecule has 1 aromatic carbocycles. The molecule has 0 aliphatic rings. The number of sulfonamides is 1. The van der Waals surface area contributed by atoms with Gasteiger partial charge in [-0.05, 0) is 35.9 Å². The van der Waals surface area contributed by atoms with Gasteiger partial charge in [-0.1, -0.05) is 31.2 Å². The second-order valence-electron chi connectivity index (χ2n) is 5.20. The van der Waals surface area contributed by atoms with Crippen molar-refractivity contribution in [3.05, 3.63) is 46.8 Å². The van der Waals surface area contributed by atoms with E-state index in [-0.39, 0.29) is 16.7 Å². The number of amides is 1. The minimum atomic E-state index is -3.62. The van der Waals surface area contributed by atoms with Crippen molar-refractivity contribution in [2.45, 2.75) is 24.5 Å². The number of hydrogen-bond acceptors (Lipinski definition) is 4. The first-order chi connectivity index (χ1) is 10.9. The third-order valence-corrected chi connectivity index (χ3v) is 6.71. The van der Waals surface area contributed by atoms with Crippen LogP contribution in [0.15, 0.2) is 39.9 Å². The van der Waals surface area contributed by atoms with Crippen molar-refractivity contribution in [1.82, 2.24) is 4.31 Å². The number of para-hydroxylation sites is 1. The molecule has 124 valence electrons. The van der Waals surface area contributed by atoms with Gasteiger partial charge in [-0.3, -0.25) is 4.79 Å². The molecule has 2 aromatic rings. The molecule has 0 saturated heterocycles. The van der Waals surface area contributed by atoms with Crippen molar-refractivity contribution in [2.24, 2.45) is 0 Å². The number of benzene rings is 1. The zero-order valence-corrected chi connectivity index (χ0v) is 15.0. The van der Waals surface area contributed by atoms with Crippen LogP contribution in [-0.2, 0) is 21.2 Å². The summed E-state index contributed by atoms with van der Waals surface area (Å²) < 4.78 is 26.0. The lowest BCUT2D eigenvalue weighted by atomic mass is 10.1. The molecule has 0 aliphatic heterocycles. The highest BCUT2D eigenvalue weighted by Crippen LogP contribution is 2.22. The van der Waals surface area contributed by atoms with Crippen LogP contribution in [0.1, 0.15) is 18.1 Å². The van der Waals surface area contributed by atoms with Gasteiger partial charge >= 0.3 is 0 Å². The maximum absolute atomic E-state index is 12.3. The fourth-order valence-corrected chi connectivity index (χ4v) is 4.56. The van der Waals surface area contributed by atoms with E-state index >= 15 is 0 Å². The Morgan fingerprint density at radius 2 is 2.00 bits per heavy atom. The monoisotopic (exact) mass is 352 g/mol. The summed E-state index contributed by atoms with van der Waals surface area (Å²) in [5.74, 6) is -0.350. The Bertz CT molecular complexity index is 784. The fraction of sp³-hybridized carbons (Fsp3) is 0.312. The lowest BCUT2D eigenvalue weighted by Gasteiger charge is -2.17. The molecule has 7 heteroatoms. The van der Waals surface area contributed by atoms with Gasteiger partial charge in [0.2, 0.25) is 5.91 Å². The van der Waals surface area contributed by atoms with Crippen LogP contribution in [0.3, 0.4) is 0 Å². The van der Waals surface area contributed by atoms with Gasteiger partial charge in [0.05, 0.1) is 6.54 Å². The summed E-state index contributed by atoms with van der Waals surface area (Å²) in [6, 6.07) is 9.02. The van der Waals surface area contributed by atoms with Crippen molar-refractivity contribution >= 4 is 33.0 Å². The van der Waals surface area contributed by atoms with E-state index in [1.807, 2.05) is 32.0 Å². The first-order valence-corrected chi connectivity index (χ1v) is 9.56. The third kappa shape index (κ3) is 3.99. The van der Waals surface area contributed by atoms with E-state index in [0.717, 1.165) is 38.9 Å². The van der Waals surface area contributed by atoms with E-state index in [2.05, 4.69) is 5.32 Å². The molecule has 0 spiro atoms. The van der Waals surface area contributed by atoms with E-state index in [4.69, 9.17) is 0 Å². The lowest BCUT2D eigenvalue weighted by Crippen LogP contribution is -2.34. The van der Waals surface area contributed by atoms with Crippen LogP contribution in [0.2, 0.25) is 0 Å². The zero-order valence-electron chi connectivity index (χ0n) is 13.4. The number of nitrogens with zero attached hydrogens (tertiary/aromatic N) is 1. The van der Waals surface area contributed by atoms with Crippen LogP contribution in [0.25, 0.3) is 0 Å². The molecule has 0 saturated carbocycles. The predicted molar refractivity (Wildman–Crippen MR) is 93.3 cm³/mol. The molecule has 1 heterocycles. The Morgan fingerprint density at radius 1 is 1.26 bits per heavy atom. The summed E-state index contributed by atoms with van der Waals surface area (Å²) >= 11 is 1.14. The molecule has 0 bridgehead atoms. The van der Waals surface area contributed by atoms with Gasteiger partial charge in [-0.25, -0.2) is 8.42 Å². The molecule has 0 radical (unpaired) electrons. The molecular weight excluding hydrogens is 332 g/mol. The highest BCUT2D eigenvalue weighted by atomic mass is 32.2. The number of carbonyl (C=O) groups excluding carboxylic acids is 1. The van der Waals surface area contributed by atoms with Crippen molar-refractivity contribution in [3.8, 4) is 0 Å². The summed E-state index contributed by atoms with van der Waals surface area (Å²) in [4.78, 5) is 12.2. The number of hydrogen-bond donors (Lipinski definition) is 1. The summed E-state index contributed by atoms with van der Waals surface area (Å²) in [5, 5.41) is 4.53. The van der Waals surface area contributed by atoms with Crippen LogP contribution in [0, 0.1) is 6.92 Å². The van der Waals surface area contributed by atoms with E-state index in [1.165, 1.54) is 13.1 Å². The number of carbonyl (C=O) groups is 1. The topological polar surface area (TPSA) is 66.5 Å². The normalized spacial score (nSPS) is 11.7. The highest BCUT2D eigenvalue weighted by molar-refractivity contribution is 7.91. The van der Waals surface area contributed by atoms with Crippen molar-refractivity contribution in [1.29, 1.82) is 0 Å². The second-order valence-corrected chi connectivity index (χ2v) is 8.42. The number of thiophene rings is 1. The zero-order chi connectivity index (χ0) is 17.0. The Labute approximate surface area is 141 Å². The molecule has 0 fully saturated rings. The minimum absolute atomic E-state index is 0.224. The number of anilines is 1. The Morgan fingerprint density at radius 3 is 2.61 bits per heavy atom. The molecule has 2 rings (SSSR count). The lowest BCUT2D eigenvalue weighted by molar-refractivity contribution is -0.116. The molecule has 23 heavy (non-hydrogen) atoms. The Balaban J connectivity index is 2.11. The number of aryl methyl sites for hydroxylation is 2. The van der Waals surface area contributed by atoms with Gasteiger partial charge in [-0.2, -0.15) is 4.31 Å². The van der Waals surface area contributed by atoms with Gasteiger partial charge in [-0.15, -0.1) is 11.3 Å². The third-order valence-electron chi connectivity index (χ3n) is 3.53. The molecule has 1 aromatic heterocycles. The number of likely N-dealkylation sites (N-methyl/N-ethyl adjacent to an activating group) is 1. The van der Waals surface area contributed by atoms with Crippen molar-refractivity contribution in [2.75, 3.05) is 18.9 Å². The van der Waals surface area contributed by atoms with Gasteiger partial charge in [0.1, 0.15) is 4.21 Å². The molecule has 0 unspecified atom stereocenters. The second kappa shape index (κ2) is 7.25. The maximum Gasteiger partial charge on any atom is 0.252 e. The van der Waals surface area contributed by atoms with E-state index in [9.17, 15) is 13.2 Å². The average molecular weight is 352 g/mol. The largest absolute Gasteiger partial charge is 0.324 e. The predicted octanol–water partition coefficient (Wildman–Crippen LogP) is 2.88. The van der Waals surface area contributed by atoms with E-state index < -0.39 is 10.0 Å². The standard InChI is InChI=1S/C16H20N2O3S2/c1-4-13-8-5-7-12(2)16(13)17-14(19)11-18(3)23(20,21)15-9-6-10-22-15/h5-10H,4,11H2,1-3H3,(H,17,19). The smallest absolute Gasteiger partial charge is 0.252 e. The van der Waals surface area contributed by atoms with E-state index in [0.29, 0.717) is 0 Å². The van der Waals surface area contributed by atoms with Crippen molar-refractivity contribution < 1.29 is 13.2 Å². The van der Waals surface area contributed by atoms with E-state index in [1.54, 1.807) is 11.4 Å². The minimum Gasteiger partial charge on any atom is -0.324 e. The van der Waals surface area contributed by atoms with Crippen LogP contribution in [0.5, 0.6) is 0 Å². The molecule has 0 aliphatic carbocycles. The van der Waals surface area contributed by atoms with Crippen LogP contribution in [0.4, 0.5) is 5.69 Å². The average Bonchev–Trinajstić information content (AvgIpc) is 3.04. The summed E-state index contributed by atoms with van der Waals surface area (Å²) in [6.45, 7) is 3.70. The molecule has 1 amide bonds. The van der Waals surface area contributed by atoms with Gasteiger partial charge in [0.15, 0.2) is 0 Å². The van der Waals surface area contributed by atoms with Gasteiger partial charge < -0.3 is 5.32 Å². The first kappa shape index (κ1) is 17.7. The number of nitrogens with one attached hydrogen (secondary N) is 1. The fourth-order valence-electron chi connectivity index (χ4n) is 2.23. The maximum atomic E-state index is 12.3. The molecular formula is C16H20N2O3S2. The van der Waals surface area contributed by atoms with Crippen LogP contribution >= 0.6 is 11.3 Å². The first-order valence-electron chi connectivity index (χ1n) is 7.24.